The first kappa shape index (κ1) is 22.4. The topological polar surface area (TPSA) is 146 Å². The number of hydrogen-bond donors (Lipinski definition) is 0. The fraction of sp³-hybridized carbons (Fsp3) is 0.647. The van der Waals surface area contributed by atoms with E-state index in [2.05, 4.69) is 9.68 Å². The third-order valence-electron chi connectivity index (χ3n) is 3.88. The molecule has 0 bridgehead atoms. The summed E-state index contributed by atoms with van der Waals surface area (Å²) in [6.45, 7) is 0.685. The predicted octanol–water partition coefficient (Wildman–Crippen LogP) is -0.596. The van der Waals surface area contributed by atoms with Gasteiger partial charge in [0, 0.05) is 38.9 Å². The minimum Gasteiger partial charge on any atom is -0.381 e. The van der Waals surface area contributed by atoms with E-state index < -0.39 is 35.6 Å². The smallest absolute Gasteiger partial charge is 0.335 e. The minimum atomic E-state index is -0.738. The van der Waals surface area contributed by atoms with E-state index in [9.17, 15) is 28.8 Å². The summed E-state index contributed by atoms with van der Waals surface area (Å²) < 4.78 is 10.4. The molecule has 2 fully saturated rings. The van der Waals surface area contributed by atoms with Crippen molar-refractivity contribution < 1.29 is 47.9 Å². The van der Waals surface area contributed by atoms with Crippen molar-refractivity contribution in [2.45, 2.75) is 44.9 Å². The van der Waals surface area contributed by atoms with Gasteiger partial charge in [0.15, 0.2) is 0 Å². The first-order valence-electron chi connectivity index (χ1n) is 9.17. The van der Waals surface area contributed by atoms with Crippen LogP contribution in [0.4, 0.5) is 0 Å². The van der Waals surface area contributed by atoms with Gasteiger partial charge < -0.3 is 19.1 Å². The van der Waals surface area contributed by atoms with Gasteiger partial charge in [-0.1, -0.05) is 0 Å². The maximum atomic E-state index is 11.5. The molecule has 2 rings (SSSR count). The van der Waals surface area contributed by atoms with Gasteiger partial charge in [0.2, 0.25) is 0 Å². The third kappa shape index (κ3) is 7.23. The highest BCUT2D eigenvalue weighted by atomic mass is 16.7. The van der Waals surface area contributed by atoms with Crippen molar-refractivity contribution in [3.63, 3.8) is 0 Å². The van der Waals surface area contributed by atoms with Gasteiger partial charge in [0.1, 0.15) is 0 Å². The van der Waals surface area contributed by atoms with Crippen LogP contribution in [0.5, 0.6) is 0 Å². The second-order valence-electron chi connectivity index (χ2n) is 6.17. The average molecular weight is 414 g/mol. The van der Waals surface area contributed by atoms with Crippen molar-refractivity contribution in [2.24, 2.45) is 0 Å². The van der Waals surface area contributed by atoms with Crippen LogP contribution in [0.1, 0.15) is 44.9 Å². The number of carbonyl (C=O) groups is 6. The fourth-order valence-corrected chi connectivity index (χ4v) is 2.39. The molecule has 2 saturated heterocycles. The van der Waals surface area contributed by atoms with Crippen LogP contribution in [-0.2, 0) is 47.9 Å². The zero-order valence-electron chi connectivity index (χ0n) is 15.8. The van der Waals surface area contributed by atoms with Gasteiger partial charge in [0.05, 0.1) is 26.1 Å². The van der Waals surface area contributed by atoms with Crippen LogP contribution in [0.15, 0.2) is 0 Å². The van der Waals surface area contributed by atoms with Gasteiger partial charge in [0.25, 0.3) is 23.6 Å². The van der Waals surface area contributed by atoms with E-state index in [1.54, 1.807) is 0 Å². The van der Waals surface area contributed by atoms with Gasteiger partial charge in [-0.3, -0.25) is 19.2 Å². The zero-order valence-corrected chi connectivity index (χ0v) is 15.8. The number of hydroxylamine groups is 4. The molecular weight excluding hydrogens is 392 g/mol. The van der Waals surface area contributed by atoms with Crippen LogP contribution in [0.2, 0.25) is 0 Å². The Hall–Kier alpha value is -2.86. The summed E-state index contributed by atoms with van der Waals surface area (Å²) in [6.07, 6.45) is 0.416. The van der Waals surface area contributed by atoms with Crippen LogP contribution in [0.25, 0.3) is 0 Å². The normalized spacial score (nSPS) is 16.7. The highest BCUT2D eigenvalue weighted by Gasteiger charge is 2.33. The Kier molecular flexibility index (Phi) is 8.68. The van der Waals surface area contributed by atoms with Crippen molar-refractivity contribution in [2.75, 3.05) is 26.4 Å². The molecule has 0 aromatic carbocycles. The minimum absolute atomic E-state index is 0.0365. The molecule has 29 heavy (non-hydrogen) atoms. The number of nitrogens with zero attached hydrogens (tertiary/aromatic N) is 2. The summed E-state index contributed by atoms with van der Waals surface area (Å²) in [7, 11) is 0. The lowest BCUT2D eigenvalue weighted by Gasteiger charge is -2.12. The molecule has 0 saturated carbocycles. The van der Waals surface area contributed by atoms with Crippen molar-refractivity contribution in [3.05, 3.63) is 0 Å². The Bertz CT molecular complexity index is 589. The monoisotopic (exact) mass is 414 g/mol. The molecule has 0 N–H and O–H groups in total. The van der Waals surface area contributed by atoms with Crippen LogP contribution < -0.4 is 0 Å². The highest BCUT2D eigenvalue weighted by Crippen LogP contribution is 2.13. The van der Waals surface area contributed by atoms with E-state index in [1.165, 1.54) is 0 Å². The summed E-state index contributed by atoms with van der Waals surface area (Å²) in [4.78, 5) is 77.6. The average Bonchev–Trinajstić information content (AvgIpc) is 3.16. The third-order valence-corrected chi connectivity index (χ3v) is 3.88. The number of hydrogen-bond acceptors (Lipinski definition) is 10. The van der Waals surface area contributed by atoms with E-state index in [-0.39, 0.29) is 65.0 Å². The SMILES string of the molecule is O=C(CCOCCCOCCC(=O)ON1C(=O)CCC1=O)ON1C(=O)CCC1=O. The number of carbonyl (C=O) groups excluding carboxylic acids is 6. The van der Waals surface area contributed by atoms with Crippen LogP contribution >= 0.6 is 0 Å². The summed E-state index contributed by atoms with van der Waals surface area (Å²) in [5.41, 5.74) is 0. The molecule has 160 valence electrons. The van der Waals surface area contributed by atoms with Crippen LogP contribution in [0.3, 0.4) is 0 Å². The molecule has 12 nitrogen and oxygen atoms in total. The molecule has 0 radical (unpaired) electrons. The lowest BCUT2D eigenvalue weighted by Crippen LogP contribution is -2.32. The summed E-state index contributed by atoms with van der Waals surface area (Å²) in [5, 5.41) is 0.966. The number of ether oxygens (including phenoxy) is 2. The summed E-state index contributed by atoms with van der Waals surface area (Å²) in [5.74, 6) is -3.63. The fourth-order valence-electron chi connectivity index (χ4n) is 2.39. The Morgan fingerprint density at radius 3 is 1.31 bits per heavy atom. The molecule has 0 aliphatic carbocycles. The molecule has 0 unspecified atom stereocenters. The van der Waals surface area contributed by atoms with Crippen molar-refractivity contribution in [1.82, 2.24) is 10.1 Å². The highest BCUT2D eigenvalue weighted by molar-refractivity contribution is 6.02. The number of imide groups is 2. The van der Waals surface area contributed by atoms with E-state index in [0.717, 1.165) is 0 Å². The van der Waals surface area contributed by atoms with E-state index in [0.29, 0.717) is 16.5 Å². The van der Waals surface area contributed by atoms with Gasteiger partial charge in [-0.05, 0) is 6.42 Å². The van der Waals surface area contributed by atoms with E-state index in [4.69, 9.17) is 9.47 Å². The second kappa shape index (κ2) is 11.2. The van der Waals surface area contributed by atoms with E-state index >= 15 is 0 Å². The van der Waals surface area contributed by atoms with Gasteiger partial charge in [-0.25, -0.2) is 9.59 Å². The molecule has 12 heteroatoms. The Morgan fingerprint density at radius 2 is 0.966 bits per heavy atom. The molecule has 0 aromatic heterocycles. The molecular formula is C17H22N2O10. The van der Waals surface area contributed by atoms with Crippen LogP contribution in [0, 0.1) is 0 Å². The lowest BCUT2D eigenvalue weighted by atomic mass is 10.4. The van der Waals surface area contributed by atoms with Crippen LogP contribution in [-0.4, -0.2) is 72.1 Å². The number of amides is 4. The van der Waals surface area contributed by atoms with Crippen molar-refractivity contribution >= 4 is 35.6 Å². The molecule has 2 heterocycles. The molecule has 0 spiro atoms. The van der Waals surface area contributed by atoms with Crippen molar-refractivity contribution in [1.29, 1.82) is 0 Å². The maximum Gasteiger partial charge on any atom is 0.335 e. The van der Waals surface area contributed by atoms with E-state index in [1.807, 2.05) is 0 Å². The predicted molar refractivity (Wildman–Crippen MR) is 89.8 cm³/mol. The Balaban J connectivity index is 1.42. The summed E-state index contributed by atoms with van der Waals surface area (Å²) in [6, 6.07) is 0. The summed E-state index contributed by atoms with van der Waals surface area (Å²) >= 11 is 0. The van der Waals surface area contributed by atoms with Gasteiger partial charge in [-0.2, -0.15) is 0 Å². The lowest BCUT2D eigenvalue weighted by molar-refractivity contribution is -0.198. The first-order chi connectivity index (χ1) is 13.9. The molecule has 2 aliphatic heterocycles. The first-order valence-corrected chi connectivity index (χ1v) is 9.17. The largest absolute Gasteiger partial charge is 0.381 e. The maximum absolute atomic E-state index is 11.5. The Labute approximate surface area is 165 Å². The Morgan fingerprint density at radius 1 is 0.621 bits per heavy atom. The zero-order chi connectivity index (χ0) is 21.2. The van der Waals surface area contributed by atoms with Gasteiger partial charge in [-0.15, -0.1) is 10.1 Å². The molecule has 0 aromatic rings. The molecule has 0 atom stereocenters. The quantitative estimate of drug-likeness (QED) is 0.300. The van der Waals surface area contributed by atoms with Gasteiger partial charge >= 0.3 is 11.9 Å². The second-order valence-corrected chi connectivity index (χ2v) is 6.17. The number of rotatable bonds is 12. The molecule has 2 aliphatic rings. The standard InChI is InChI=1S/C17H22N2O10/c20-12-2-3-13(21)18(12)28-16(24)6-10-26-8-1-9-27-11-7-17(25)29-19-14(22)4-5-15(19)23/h1-11H2. The van der Waals surface area contributed by atoms with Crippen molar-refractivity contribution in [3.8, 4) is 0 Å². The molecule has 4 amide bonds.